The van der Waals surface area contributed by atoms with Crippen LogP contribution in [0.15, 0.2) is 48.8 Å². The summed E-state index contributed by atoms with van der Waals surface area (Å²) in [4.78, 5) is 21.6. The van der Waals surface area contributed by atoms with Gasteiger partial charge in [0.05, 0.1) is 17.4 Å². The maximum absolute atomic E-state index is 13.9. The van der Waals surface area contributed by atoms with Crippen LogP contribution in [0.25, 0.3) is 10.9 Å². The molecule has 1 N–H and O–H groups in total. The zero-order valence-electron chi connectivity index (χ0n) is 18.9. The third kappa shape index (κ3) is 3.97. The third-order valence-corrected chi connectivity index (χ3v) is 7.93. The second-order valence-electron chi connectivity index (χ2n) is 10.1. The Morgan fingerprint density at radius 2 is 1.85 bits per heavy atom. The highest BCUT2D eigenvalue weighted by Crippen LogP contribution is 2.56. The monoisotopic (exact) mass is 442 g/mol. The van der Waals surface area contributed by atoms with Gasteiger partial charge in [-0.1, -0.05) is 13.8 Å². The topological polar surface area (TPSA) is 78.7 Å². The Balaban J connectivity index is 1.27. The van der Waals surface area contributed by atoms with Crippen LogP contribution >= 0.6 is 0 Å². The molecular weight excluding hydrogens is 415 g/mol. The Kier molecular flexibility index (Phi) is 5.36. The summed E-state index contributed by atoms with van der Waals surface area (Å²) < 4.78 is 13.9. The third-order valence-electron chi connectivity index (χ3n) is 7.93. The van der Waals surface area contributed by atoms with Crippen molar-refractivity contribution in [3.63, 3.8) is 0 Å². The molecule has 5 nitrogen and oxygen atoms in total. The van der Waals surface area contributed by atoms with Crippen molar-refractivity contribution in [3.8, 4) is 6.07 Å². The first kappa shape index (κ1) is 21.5. The summed E-state index contributed by atoms with van der Waals surface area (Å²) in [6, 6.07) is 12.2. The van der Waals surface area contributed by atoms with E-state index < -0.39 is 5.41 Å². The van der Waals surface area contributed by atoms with Gasteiger partial charge in [0.15, 0.2) is 0 Å². The number of anilines is 1. The maximum Gasteiger partial charge on any atom is 0.230 e. The van der Waals surface area contributed by atoms with Gasteiger partial charge in [0, 0.05) is 17.0 Å². The molecule has 3 aromatic rings. The second-order valence-corrected chi connectivity index (χ2v) is 10.1. The van der Waals surface area contributed by atoms with E-state index in [9.17, 15) is 9.18 Å². The van der Waals surface area contributed by atoms with Crippen molar-refractivity contribution in [3.05, 3.63) is 65.9 Å². The van der Waals surface area contributed by atoms with Crippen molar-refractivity contribution in [2.24, 2.45) is 23.2 Å². The smallest absolute Gasteiger partial charge is 0.230 e. The van der Waals surface area contributed by atoms with Gasteiger partial charge in [-0.05, 0) is 91.3 Å². The Bertz CT molecular complexity index is 1230. The molecule has 0 spiro atoms. The predicted octanol–water partition coefficient (Wildman–Crippen LogP) is 5.83. The van der Waals surface area contributed by atoms with Gasteiger partial charge in [0.2, 0.25) is 5.91 Å². The van der Waals surface area contributed by atoms with Crippen molar-refractivity contribution in [1.29, 1.82) is 5.26 Å². The molecule has 2 aliphatic carbocycles. The molecule has 2 heterocycles. The summed E-state index contributed by atoms with van der Waals surface area (Å²) >= 11 is 0. The summed E-state index contributed by atoms with van der Waals surface area (Å²) in [5.41, 5.74) is 2.49. The maximum atomic E-state index is 13.9. The van der Waals surface area contributed by atoms with Crippen LogP contribution in [0.4, 0.5) is 10.1 Å². The number of hydrogen-bond acceptors (Lipinski definition) is 4. The lowest BCUT2D eigenvalue weighted by Gasteiger charge is -2.31. The molecule has 168 valence electrons. The number of halogens is 1. The highest BCUT2D eigenvalue weighted by Gasteiger charge is 2.48. The molecule has 1 unspecified atom stereocenters. The minimum absolute atomic E-state index is 0.00821. The number of nitriles is 1. The molecule has 33 heavy (non-hydrogen) atoms. The number of nitrogens with one attached hydrogen (secondary N) is 1. The lowest BCUT2D eigenvalue weighted by atomic mass is 9.75. The van der Waals surface area contributed by atoms with E-state index in [1.807, 2.05) is 32.2 Å². The number of hydrogen-bond donors (Lipinski definition) is 1. The van der Waals surface area contributed by atoms with Crippen LogP contribution in [0.3, 0.4) is 0 Å². The number of carbonyl (C=O) groups is 1. The number of pyridine rings is 2. The Morgan fingerprint density at radius 1 is 1.09 bits per heavy atom. The van der Waals surface area contributed by atoms with Crippen LogP contribution < -0.4 is 5.32 Å². The summed E-state index contributed by atoms with van der Waals surface area (Å²) in [6.45, 7) is 4.06. The summed E-state index contributed by atoms with van der Waals surface area (Å²) in [7, 11) is 0. The number of benzene rings is 1. The van der Waals surface area contributed by atoms with Gasteiger partial charge >= 0.3 is 0 Å². The molecule has 0 bridgehead atoms. The molecule has 4 atom stereocenters. The molecule has 0 saturated heterocycles. The molecule has 5 rings (SSSR count). The molecule has 1 aromatic carbocycles. The largest absolute Gasteiger partial charge is 0.324 e. The van der Waals surface area contributed by atoms with Crippen molar-refractivity contribution < 1.29 is 9.18 Å². The second kappa shape index (κ2) is 8.22. The first-order valence-corrected chi connectivity index (χ1v) is 11.6. The molecule has 2 aromatic heterocycles. The number of carbonyl (C=O) groups excluding carboxylic acids is 1. The van der Waals surface area contributed by atoms with E-state index in [-0.39, 0.29) is 11.7 Å². The van der Waals surface area contributed by atoms with E-state index >= 15 is 0 Å². The van der Waals surface area contributed by atoms with Crippen molar-refractivity contribution >= 4 is 22.5 Å². The summed E-state index contributed by atoms with van der Waals surface area (Å²) in [6.07, 6.45) is 7.58. The average molecular weight is 443 g/mol. The van der Waals surface area contributed by atoms with Gasteiger partial charge in [0.25, 0.3) is 0 Å². The fourth-order valence-corrected chi connectivity index (χ4v) is 5.97. The normalized spacial score (nSPS) is 24.4. The minimum Gasteiger partial charge on any atom is -0.324 e. The van der Waals surface area contributed by atoms with Crippen molar-refractivity contribution in [2.75, 3.05) is 5.32 Å². The Labute approximate surface area is 193 Å². The van der Waals surface area contributed by atoms with E-state index in [1.54, 1.807) is 24.3 Å². The van der Waals surface area contributed by atoms with Gasteiger partial charge < -0.3 is 5.32 Å². The standard InChI is InChI=1S/C27H27FN4O/c1-27(2,26(33)32-22-5-4-21(14-29)31-15-22)19-11-16-9-18(10-17(16)12-19)23-7-8-30-25-6-3-20(28)13-24(23)25/h3-8,13,15-19H,9-12H2,1-2H3,(H,32,33)/t16-,17?,18-,19+/m1/s1. The molecule has 2 fully saturated rings. The lowest BCUT2D eigenvalue weighted by molar-refractivity contribution is -0.126. The fourth-order valence-electron chi connectivity index (χ4n) is 5.97. The number of nitrogens with zero attached hydrogens (tertiary/aromatic N) is 3. The van der Waals surface area contributed by atoms with Gasteiger partial charge in [-0.3, -0.25) is 9.78 Å². The molecule has 2 aliphatic rings. The van der Waals surface area contributed by atoms with Crippen LogP contribution in [-0.4, -0.2) is 15.9 Å². The molecule has 0 aliphatic heterocycles. The SMILES string of the molecule is CC(C)(C(=O)Nc1ccc(C#N)nc1)[C@@H]1CC2C[C@H](c3ccnc4ccc(F)cc34)C[C@@H]2C1. The lowest BCUT2D eigenvalue weighted by Crippen LogP contribution is -2.37. The minimum atomic E-state index is -0.500. The quantitative estimate of drug-likeness (QED) is 0.552. The average Bonchev–Trinajstić information content (AvgIpc) is 3.39. The zero-order chi connectivity index (χ0) is 23.2. The number of amides is 1. The fraction of sp³-hybridized carbons (Fsp3) is 0.407. The van der Waals surface area contributed by atoms with Crippen LogP contribution in [0.1, 0.15) is 56.7 Å². The number of fused-ring (bicyclic) bond motifs is 2. The molecule has 1 amide bonds. The van der Waals surface area contributed by atoms with E-state index in [2.05, 4.69) is 15.3 Å². The van der Waals surface area contributed by atoms with Crippen molar-refractivity contribution in [2.45, 2.75) is 45.4 Å². The van der Waals surface area contributed by atoms with E-state index in [4.69, 9.17) is 5.26 Å². The predicted molar refractivity (Wildman–Crippen MR) is 125 cm³/mol. The first-order chi connectivity index (χ1) is 15.8. The highest BCUT2D eigenvalue weighted by atomic mass is 19.1. The van der Waals surface area contributed by atoms with E-state index in [1.165, 1.54) is 17.8 Å². The van der Waals surface area contributed by atoms with Gasteiger partial charge in [0.1, 0.15) is 17.6 Å². The Morgan fingerprint density at radius 3 is 2.52 bits per heavy atom. The van der Waals surface area contributed by atoms with Gasteiger partial charge in [-0.25, -0.2) is 9.37 Å². The zero-order valence-corrected chi connectivity index (χ0v) is 18.9. The molecule has 2 saturated carbocycles. The summed E-state index contributed by atoms with van der Waals surface area (Å²) in [5, 5.41) is 12.8. The van der Waals surface area contributed by atoms with Crippen LogP contribution in [0.5, 0.6) is 0 Å². The molecule has 6 heteroatoms. The molecular formula is C27H27FN4O. The number of rotatable bonds is 4. The van der Waals surface area contributed by atoms with E-state index in [0.29, 0.717) is 35.1 Å². The Hall–Kier alpha value is -3.33. The van der Waals surface area contributed by atoms with Gasteiger partial charge in [-0.15, -0.1) is 0 Å². The van der Waals surface area contributed by atoms with Crippen LogP contribution in [0.2, 0.25) is 0 Å². The molecule has 0 radical (unpaired) electrons. The summed E-state index contributed by atoms with van der Waals surface area (Å²) in [5.74, 6) is 1.66. The van der Waals surface area contributed by atoms with Gasteiger partial charge in [-0.2, -0.15) is 5.26 Å². The van der Waals surface area contributed by atoms with Crippen LogP contribution in [0, 0.1) is 40.3 Å². The van der Waals surface area contributed by atoms with E-state index in [0.717, 1.165) is 36.6 Å². The highest BCUT2D eigenvalue weighted by molar-refractivity contribution is 5.95. The van der Waals surface area contributed by atoms with Crippen LogP contribution in [-0.2, 0) is 4.79 Å². The first-order valence-electron chi connectivity index (χ1n) is 11.6. The van der Waals surface area contributed by atoms with Crippen molar-refractivity contribution in [1.82, 2.24) is 9.97 Å². The number of aromatic nitrogens is 2.